The first-order valence-corrected chi connectivity index (χ1v) is 16.5. The maximum atomic E-state index is 3.93. The van der Waals surface area contributed by atoms with E-state index in [0.717, 1.165) is 6.67 Å². The summed E-state index contributed by atoms with van der Waals surface area (Å²) in [7, 11) is 0. The molecule has 0 bridgehead atoms. The van der Waals surface area contributed by atoms with Crippen LogP contribution >= 0.6 is 45.2 Å². The molecule has 0 saturated heterocycles. The SMILES string of the molecule is CCCC[N+](CCCC)(CCCC)CCCC.ICI.[Br-].[K+].[OH-].c1c[nH]cn1.c1cn(Cn2ccnc2)cn1. The fourth-order valence-electron chi connectivity index (χ4n) is 3.79. The Morgan fingerprint density at radius 2 is 1.08 bits per heavy atom. The van der Waals surface area contributed by atoms with E-state index in [2.05, 4.69) is 92.8 Å². The molecule has 2 N–H and O–H groups in total. The van der Waals surface area contributed by atoms with Crippen LogP contribution in [0.5, 0.6) is 0 Å². The van der Waals surface area contributed by atoms with Crippen molar-refractivity contribution in [2.24, 2.45) is 0 Å². The number of nitrogens with zero attached hydrogens (tertiary/aromatic N) is 6. The molecule has 0 spiro atoms. The summed E-state index contributed by atoms with van der Waals surface area (Å²) >= 11 is 4.55. The number of halogens is 3. The predicted molar refractivity (Wildman–Crippen MR) is 173 cm³/mol. The van der Waals surface area contributed by atoms with Crippen LogP contribution in [0.4, 0.5) is 0 Å². The molecule has 0 fully saturated rings. The molecule has 3 rings (SSSR count). The van der Waals surface area contributed by atoms with Crippen LogP contribution in [0.1, 0.15) is 79.1 Å². The van der Waals surface area contributed by atoms with Crippen LogP contribution in [0.25, 0.3) is 0 Å². The van der Waals surface area contributed by atoms with E-state index in [1.807, 2.05) is 21.5 Å². The third-order valence-corrected chi connectivity index (χ3v) is 5.79. The van der Waals surface area contributed by atoms with Crippen molar-refractivity contribution in [2.45, 2.75) is 85.7 Å². The zero-order chi connectivity index (χ0) is 26.7. The second kappa shape index (κ2) is 35.3. The number of imidazole rings is 3. The molecule has 0 atom stereocenters. The molecule has 0 aromatic carbocycles. The van der Waals surface area contributed by atoms with Gasteiger partial charge in [0.2, 0.25) is 0 Å². The Balaban J connectivity index is -0.000000238. The number of rotatable bonds is 14. The predicted octanol–water partition coefficient (Wildman–Crippen LogP) is 1.64. The van der Waals surface area contributed by atoms with E-state index in [1.54, 1.807) is 43.8 Å². The molecule has 0 aliphatic heterocycles. The average molecular weight is 863 g/mol. The van der Waals surface area contributed by atoms with Gasteiger partial charge in [-0.1, -0.05) is 98.6 Å². The quantitative estimate of drug-likeness (QED) is 0.116. The molecule has 0 radical (unpaired) electrons. The van der Waals surface area contributed by atoms with Crippen LogP contribution in [0.2, 0.25) is 0 Å². The number of alkyl halides is 2. The number of aromatic nitrogens is 6. The Labute approximate surface area is 318 Å². The zero-order valence-electron chi connectivity index (χ0n) is 24.9. The number of quaternary nitrogens is 1. The van der Waals surface area contributed by atoms with Gasteiger partial charge in [-0.05, 0) is 25.7 Å². The first-order valence-electron chi connectivity index (χ1n) is 13.4. The number of aromatic amines is 1. The molecule has 12 heteroatoms. The summed E-state index contributed by atoms with van der Waals surface area (Å²) in [6.07, 6.45) is 27.1. The van der Waals surface area contributed by atoms with Gasteiger partial charge in [-0.3, -0.25) is 0 Å². The van der Waals surface area contributed by atoms with Crippen molar-refractivity contribution in [1.29, 1.82) is 0 Å². The summed E-state index contributed by atoms with van der Waals surface area (Å²) in [5.74, 6) is 0. The monoisotopic (exact) mass is 861 g/mol. The number of unbranched alkanes of at least 4 members (excludes halogenated alkanes) is 4. The van der Waals surface area contributed by atoms with Crippen molar-refractivity contribution >= 4 is 45.2 Å². The number of hydrogen-bond acceptors (Lipinski definition) is 4. The summed E-state index contributed by atoms with van der Waals surface area (Å²) in [6, 6.07) is 0. The summed E-state index contributed by atoms with van der Waals surface area (Å²) in [6.45, 7) is 15.8. The smallest absolute Gasteiger partial charge is 1.00 e. The van der Waals surface area contributed by atoms with Gasteiger partial charge in [-0.2, -0.15) is 0 Å². The second-order valence-corrected chi connectivity index (χ2v) is 13.3. The second-order valence-electron chi connectivity index (χ2n) is 8.81. The van der Waals surface area contributed by atoms with Gasteiger partial charge in [0, 0.05) is 37.2 Å². The molecule has 0 aliphatic carbocycles. The van der Waals surface area contributed by atoms with Gasteiger partial charge in [-0.15, -0.1) is 0 Å². The third-order valence-electron chi connectivity index (χ3n) is 5.79. The molecule has 3 aromatic rings. The van der Waals surface area contributed by atoms with Gasteiger partial charge < -0.3 is 41.1 Å². The zero-order valence-corrected chi connectivity index (χ0v) is 33.9. The van der Waals surface area contributed by atoms with Crippen molar-refractivity contribution < 1.29 is 78.3 Å². The number of nitrogens with one attached hydrogen (secondary N) is 1. The van der Waals surface area contributed by atoms with Crippen molar-refractivity contribution in [3.05, 3.63) is 56.2 Å². The van der Waals surface area contributed by atoms with E-state index in [9.17, 15) is 0 Å². The van der Waals surface area contributed by atoms with Gasteiger partial charge in [0.15, 0.2) is 0 Å². The van der Waals surface area contributed by atoms with E-state index >= 15 is 0 Å². The summed E-state index contributed by atoms with van der Waals surface area (Å²) < 4.78 is 6.56. The van der Waals surface area contributed by atoms with Crippen LogP contribution in [0.3, 0.4) is 0 Å². The summed E-state index contributed by atoms with van der Waals surface area (Å²) in [5.41, 5.74) is 0. The molecule has 0 saturated carbocycles. The molecule has 3 heterocycles. The molecule has 0 unspecified atom stereocenters. The topological polar surface area (TPSA) is 94.3 Å². The number of hydrogen-bond donors (Lipinski definition) is 1. The van der Waals surface area contributed by atoms with Crippen LogP contribution in [-0.4, -0.2) is 67.6 Å². The van der Waals surface area contributed by atoms with Crippen LogP contribution in [0, 0.1) is 0 Å². The Morgan fingerprint density at radius 1 is 0.692 bits per heavy atom. The molecule has 8 nitrogen and oxygen atoms in total. The normalized spacial score (nSPS) is 9.59. The summed E-state index contributed by atoms with van der Waals surface area (Å²) in [5, 5.41) is 0. The third kappa shape index (κ3) is 27.7. The largest absolute Gasteiger partial charge is 1.00 e. The van der Waals surface area contributed by atoms with E-state index in [4.69, 9.17) is 0 Å². The van der Waals surface area contributed by atoms with Crippen LogP contribution < -0.4 is 68.4 Å². The standard InChI is InChI=1S/C16H36N.C7H8N4.C3H4N2.CH2I2.BrH.K.H2O/c1-5-9-13-17(14-10-6-2,15-11-7-3)16-12-8-4;1-3-10(5-8-1)7-11-4-2-9-6-11;1-2-5-3-4-1;2-1-3;;;/h5-16H2,1-4H3;1-6H,7H2;1-3H,(H,4,5);1H2;1H;;1H2/q+1;;;;;+1;/p-2. The molecule has 0 amide bonds. The van der Waals surface area contributed by atoms with Crippen molar-refractivity contribution in [1.82, 2.24) is 29.1 Å². The minimum Gasteiger partial charge on any atom is -1.00 e. The molecule has 3 aromatic heterocycles. The minimum absolute atomic E-state index is 0. The van der Waals surface area contributed by atoms with Gasteiger partial charge in [0.05, 0.1) is 47.6 Å². The van der Waals surface area contributed by atoms with E-state index in [0.29, 0.717) is 0 Å². The average Bonchev–Trinajstić information content (AvgIpc) is 3.70. The Kier molecular flexibility index (Phi) is 42.6. The van der Waals surface area contributed by atoms with E-state index in [-0.39, 0.29) is 73.8 Å². The van der Waals surface area contributed by atoms with Crippen LogP contribution in [-0.2, 0) is 6.67 Å². The van der Waals surface area contributed by atoms with Gasteiger partial charge in [0.1, 0.15) is 6.67 Å². The van der Waals surface area contributed by atoms with Gasteiger partial charge >= 0.3 is 51.4 Å². The fraction of sp³-hybridized carbons (Fsp3) is 0.667. The molecule has 39 heavy (non-hydrogen) atoms. The van der Waals surface area contributed by atoms with Crippen molar-refractivity contribution in [3.8, 4) is 0 Å². The van der Waals surface area contributed by atoms with E-state index in [1.165, 1.54) is 84.5 Å². The minimum atomic E-state index is 0. The molecule has 0 aliphatic rings. The Hall–Kier alpha value is 1.13. The van der Waals surface area contributed by atoms with Crippen molar-refractivity contribution in [2.75, 3.05) is 28.6 Å². The summed E-state index contributed by atoms with van der Waals surface area (Å²) in [4.78, 5) is 14.3. The van der Waals surface area contributed by atoms with Crippen LogP contribution in [0.15, 0.2) is 56.2 Å². The number of H-pyrrole nitrogens is 1. The first kappa shape index (κ1) is 47.1. The fourth-order valence-corrected chi connectivity index (χ4v) is 3.79. The van der Waals surface area contributed by atoms with Gasteiger partial charge in [0.25, 0.3) is 0 Å². The Morgan fingerprint density at radius 3 is 1.28 bits per heavy atom. The van der Waals surface area contributed by atoms with Gasteiger partial charge in [-0.25, -0.2) is 15.0 Å². The maximum absolute atomic E-state index is 3.93. The maximum Gasteiger partial charge on any atom is 1.00 e. The molecular weight excluding hydrogens is 811 g/mol. The molecular formula is C27H51BrI2KN7O. The molecule has 222 valence electrons. The Bertz CT molecular complexity index is 680. The van der Waals surface area contributed by atoms with E-state index < -0.39 is 0 Å². The first-order chi connectivity index (χ1) is 17.6. The van der Waals surface area contributed by atoms with Crippen molar-refractivity contribution in [3.63, 3.8) is 0 Å².